The number of hydrogen-bond acceptors (Lipinski definition) is 6. The lowest BCUT2D eigenvalue weighted by Gasteiger charge is -2.36. The molecule has 6 heteroatoms. The Kier molecular flexibility index (Phi) is 4.61. The minimum Gasteiger partial charge on any atom is -0.504 e. The second-order valence-corrected chi connectivity index (χ2v) is 7.10. The maximum absolute atomic E-state index is 10.4. The van der Waals surface area contributed by atoms with Crippen LogP contribution in [-0.2, 0) is 15.9 Å². The summed E-state index contributed by atoms with van der Waals surface area (Å²) in [4.78, 5) is 0. The second kappa shape index (κ2) is 6.94. The monoisotopic (exact) mass is 372 g/mol. The number of fused-ring (bicyclic) bond motifs is 2. The van der Waals surface area contributed by atoms with E-state index in [1.54, 1.807) is 26.4 Å². The van der Waals surface area contributed by atoms with E-state index < -0.39 is 0 Å². The fourth-order valence-electron chi connectivity index (χ4n) is 4.54. The van der Waals surface area contributed by atoms with Crippen LogP contribution in [0.3, 0.4) is 0 Å². The average Bonchev–Trinajstić information content (AvgIpc) is 3.09. The van der Waals surface area contributed by atoms with E-state index in [0.29, 0.717) is 18.1 Å². The van der Waals surface area contributed by atoms with Crippen LogP contribution in [0.15, 0.2) is 30.3 Å². The van der Waals surface area contributed by atoms with E-state index in [-0.39, 0.29) is 35.5 Å². The van der Waals surface area contributed by atoms with Gasteiger partial charge in [-0.1, -0.05) is 6.07 Å². The van der Waals surface area contributed by atoms with Gasteiger partial charge in [-0.25, -0.2) is 0 Å². The lowest BCUT2D eigenvalue weighted by molar-refractivity contribution is -0.110. The van der Waals surface area contributed by atoms with Gasteiger partial charge in [0.1, 0.15) is 0 Å². The highest BCUT2D eigenvalue weighted by Gasteiger charge is 2.47. The first-order chi connectivity index (χ1) is 13.1. The van der Waals surface area contributed by atoms with Gasteiger partial charge in [0.25, 0.3) is 0 Å². The van der Waals surface area contributed by atoms with Gasteiger partial charge in [-0.3, -0.25) is 0 Å². The molecule has 0 saturated carbocycles. The minimum atomic E-state index is -0.260. The number of ether oxygens (including phenoxy) is 4. The molecular weight excluding hydrogens is 348 g/mol. The number of aromatic hydroxyl groups is 2. The van der Waals surface area contributed by atoms with Crippen molar-refractivity contribution in [1.82, 2.24) is 0 Å². The van der Waals surface area contributed by atoms with Crippen LogP contribution < -0.4 is 9.47 Å². The first kappa shape index (κ1) is 17.9. The van der Waals surface area contributed by atoms with Crippen molar-refractivity contribution >= 4 is 0 Å². The maximum atomic E-state index is 10.4. The summed E-state index contributed by atoms with van der Waals surface area (Å²) >= 11 is 0. The number of hydrogen-bond donors (Lipinski definition) is 2. The molecule has 144 valence electrons. The van der Waals surface area contributed by atoms with Crippen LogP contribution in [0.2, 0.25) is 0 Å². The fraction of sp³-hybridized carbons (Fsp3) is 0.429. The second-order valence-electron chi connectivity index (χ2n) is 7.10. The summed E-state index contributed by atoms with van der Waals surface area (Å²) in [5.41, 5.74) is 3.16. The van der Waals surface area contributed by atoms with Crippen molar-refractivity contribution in [2.24, 2.45) is 11.8 Å². The third-order valence-electron chi connectivity index (χ3n) is 5.81. The van der Waals surface area contributed by atoms with Gasteiger partial charge in [-0.2, -0.15) is 0 Å². The van der Waals surface area contributed by atoms with Crippen LogP contribution >= 0.6 is 0 Å². The van der Waals surface area contributed by atoms with E-state index in [4.69, 9.17) is 18.9 Å². The molecule has 0 spiro atoms. The van der Waals surface area contributed by atoms with Gasteiger partial charge in [0.05, 0.1) is 20.8 Å². The number of phenols is 2. The van der Waals surface area contributed by atoms with Gasteiger partial charge < -0.3 is 29.2 Å². The number of benzene rings is 2. The molecule has 4 rings (SSSR count). The van der Waals surface area contributed by atoms with Crippen LogP contribution in [-0.4, -0.2) is 44.4 Å². The SMILES string of the molecule is COc1cc([C@H]2c3cc(O)c(OC)cc3C[C@H]3[C@H](OC)OC[C@H]23)ccc1O. The zero-order valence-corrected chi connectivity index (χ0v) is 15.6. The molecule has 4 atom stereocenters. The predicted octanol–water partition coefficient (Wildman–Crippen LogP) is 3.04. The van der Waals surface area contributed by atoms with Gasteiger partial charge in [0.15, 0.2) is 29.3 Å². The Hall–Kier alpha value is -2.44. The summed E-state index contributed by atoms with van der Waals surface area (Å²) < 4.78 is 22.1. The highest BCUT2D eigenvalue weighted by atomic mass is 16.7. The molecular formula is C21H24O6. The Morgan fingerprint density at radius 1 is 0.926 bits per heavy atom. The Morgan fingerprint density at radius 2 is 1.67 bits per heavy atom. The van der Waals surface area contributed by atoms with Crippen molar-refractivity contribution in [2.75, 3.05) is 27.9 Å². The lowest BCUT2D eigenvalue weighted by atomic mass is 9.67. The van der Waals surface area contributed by atoms with E-state index in [1.807, 2.05) is 18.2 Å². The molecule has 2 N–H and O–H groups in total. The largest absolute Gasteiger partial charge is 0.504 e. The minimum absolute atomic E-state index is 0.00907. The van der Waals surface area contributed by atoms with Crippen molar-refractivity contribution in [3.63, 3.8) is 0 Å². The molecule has 2 aliphatic rings. The zero-order chi connectivity index (χ0) is 19.1. The summed E-state index contributed by atoms with van der Waals surface area (Å²) in [6, 6.07) is 9.08. The topological polar surface area (TPSA) is 77.4 Å². The van der Waals surface area contributed by atoms with Crippen LogP contribution in [0.25, 0.3) is 0 Å². The molecule has 0 unspecified atom stereocenters. The lowest BCUT2D eigenvalue weighted by Crippen LogP contribution is -2.33. The molecule has 2 aromatic carbocycles. The Balaban J connectivity index is 1.87. The molecule has 0 aromatic heterocycles. The van der Waals surface area contributed by atoms with Crippen LogP contribution in [0.1, 0.15) is 22.6 Å². The van der Waals surface area contributed by atoms with Crippen molar-refractivity contribution < 1.29 is 29.2 Å². The van der Waals surface area contributed by atoms with Crippen molar-refractivity contribution in [3.05, 3.63) is 47.0 Å². The van der Waals surface area contributed by atoms with Gasteiger partial charge in [0.2, 0.25) is 0 Å². The van der Waals surface area contributed by atoms with Crippen molar-refractivity contribution in [1.29, 1.82) is 0 Å². The molecule has 1 aliphatic heterocycles. The molecule has 1 saturated heterocycles. The van der Waals surface area contributed by atoms with Crippen molar-refractivity contribution in [2.45, 2.75) is 18.6 Å². The summed E-state index contributed by atoms with van der Waals surface area (Å²) in [7, 11) is 4.75. The number of methoxy groups -OCH3 is 3. The average molecular weight is 372 g/mol. The normalized spacial score (nSPS) is 26.3. The summed E-state index contributed by atoms with van der Waals surface area (Å²) in [5, 5.41) is 20.4. The highest BCUT2D eigenvalue weighted by Crippen LogP contribution is 2.51. The van der Waals surface area contributed by atoms with Crippen LogP contribution in [0, 0.1) is 11.8 Å². The van der Waals surface area contributed by atoms with Crippen molar-refractivity contribution in [3.8, 4) is 23.0 Å². The Morgan fingerprint density at radius 3 is 2.37 bits per heavy atom. The van der Waals surface area contributed by atoms with E-state index in [1.165, 1.54) is 7.11 Å². The Labute approximate surface area is 158 Å². The highest BCUT2D eigenvalue weighted by molar-refractivity contribution is 5.53. The standard InChI is InChI=1S/C21H24O6/c1-24-18-7-11(4-5-16(18)22)20-13-9-17(23)19(25-2)8-12(13)6-14-15(20)10-27-21(14)26-3/h4-5,7-9,14-15,20-23H,6,10H2,1-3H3/t14-,15+,20+,21-/m1/s1. The quantitative estimate of drug-likeness (QED) is 0.859. The third-order valence-corrected chi connectivity index (χ3v) is 5.81. The Bertz CT molecular complexity index is 849. The van der Waals surface area contributed by atoms with E-state index in [9.17, 15) is 10.2 Å². The summed E-state index contributed by atoms with van der Waals surface area (Å²) in [5.74, 6) is 1.49. The predicted molar refractivity (Wildman–Crippen MR) is 98.6 cm³/mol. The molecule has 1 fully saturated rings. The maximum Gasteiger partial charge on any atom is 0.160 e. The van der Waals surface area contributed by atoms with E-state index in [2.05, 4.69) is 0 Å². The molecule has 27 heavy (non-hydrogen) atoms. The molecule has 6 nitrogen and oxygen atoms in total. The molecule has 1 aliphatic carbocycles. The first-order valence-electron chi connectivity index (χ1n) is 8.98. The smallest absolute Gasteiger partial charge is 0.160 e. The zero-order valence-electron chi connectivity index (χ0n) is 15.6. The molecule has 2 aromatic rings. The summed E-state index contributed by atoms with van der Waals surface area (Å²) in [6.45, 7) is 0.573. The summed E-state index contributed by atoms with van der Waals surface area (Å²) in [6.07, 6.45) is 0.533. The van der Waals surface area contributed by atoms with Crippen LogP contribution in [0.5, 0.6) is 23.0 Å². The molecule has 0 radical (unpaired) electrons. The van der Waals surface area contributed by atoms with Crippen LogP contribution in [0.4, 0.5) is 0 Å². The van der Waals surface area contributed by atoms with Gasteiger partial charge in [0, 0.05) is 24.9 Å². The first-order valence-corrected chi connectivity index (χ1v) is 8.98. The fourth-order valence-corrected chi connectivity index (χ4v) is 4.54. The molecule has 0 bridgehead atoms. The van der Waals surface area contributed by atoms with E-state index in [0.717, 1.165) is 23.1 Å². The van der Waals surface area contributed by atoms with Gasteiger partial charge >= 0.3 is 0 Å². The van der Waals surface area contributed by atoms with E-state index >= 15 is 0 Å². The number of rotatable bonds is 4. The van der Waals surface area contributed by atoms with Gasteiger partial charge in [-0.15, -0.1) is 0 Å². The van der Waals surface area contributed by atoms with Gasteiger partial charge in [-0.05, 0) is 47.4 Å². The third kappa shape index (κ3) is 2.89. The molecule has 1 heterocycles. The number of phenolic OH excluding ortho intramolecular Hbond substituents is 2. The molecule has 0 amide bonds.